The van der Waals surface area contributed by atoms with Gasteiger partial charge in [-0.25, -0.2) is 4.98 Å². The molecule has 6 rings (SSSR count). The molecule has 5 aromatic heterocycles. The van der Waals surface area contributed by atoms with Gasteiger partial charge in [-0.05, 0) is 49.1 Å². The Hall–Kier alpha value is -3.45. The smallest absolute Gasteiger partial charge is 0.181 e. The van der Waals surface area contributed by atoms with Gasteiger partial charge in [0.15, 0.2) is 5.65 Å². The predicted octanol–water partition coefficient (Wildman–Crippen LogP) is 5.35. The van der Waals surface area contributed by atoms with Crippen LogP contribution in [0.1, 0.15) is 27.9 Å². The summed E-state index contributed by atoms with van der Waals surface area (Å²) in [4.78, 5) is 10.9. The van der Waals surface area contributed by atoms with Crippen LogP contribution >= 0.6 is 11.3 Å². The zero-order valence-corrected chi connectivity index (χ0v) is 18.4. The van der Waals surface area contributed by atoms with E-state index < -0.39 is 0 Å². The SMILES string of the molecule is Cc1ccc(C2=CC(C)Cc3[nH]c(-c4[nH]nc5ncc(-c6cnn(C)c6)cc45)cc32)s1. The third kappa shape index (κ3) is 3.04. The standard InChI is InChI=1S/C24H22N6S/c1-13-6-18(22-5-4-14(2)31-22)17-9-21(27-20(17)7-13)23-19-8-15(10-25-24(19)29-28-23)16-11-26-30(3)12-16/h4-6,8-13,27H,7H2,1-3H3,(H,25,28,29). The number of aromatic amines is 2. The van der Waals surface area contributed by atoms with Crippen molar-refractivity contribution in [1.29, 1.82) is 0 Å². The highest BCUT2D eigenvalue weighted by molar-refractivity contribution is 7.13. The lowest BCUT2D eigenvalue weighted by Gasteiger charge is -2.17. The molecular formula is C24H22N6S. The van der Waals surface area contributed by atoms with Crippen molar-refractivity contribution in [2.75, 3.05) is 0 Å². The highest BCUT2D eigenvalue weighted by atomic mass is 32.1. The first-order valence-corrected chi connectivity index (χ1v) is 11.2. The molecule has 5 heterocycles. The molecule has 1 atom stereocenters. The van der Waals surface area contributed by atoms with Gasteiger partial charge < -0.3 is 4.98 Å². The lowest BCUT2D eigenvalue weighted by Crippen LogP contribution is -2.06. The molecule has 0 saturated carbocycles. The van der Waals surface area contributed by atoms with E-state index in [-0.39, 0.29) is 0 Å². The van der Waals surface area contributed by atoms with Gasteiger partial charge in [-0.15, -0.1) is 11.3 Å². The maximum absolute atomic E-state index is 4.57. The van der Waals surface area contributed by atoms with Crippen molar-refractivity contribution in [3.05, 3.63) is 69.9 Å². The van der Waals surface area contributed by atoms with Gasteiger partial charge >= 0.3 is 0 Å². The first-order valence-electron chi connectivity index (χ1n) is 10.4. The minimum Gasteiger partial charge on any atom is -0.357 e. The van der Waals surface area contributed by atoms with Gasteiger partial charge in [0.25, 0.3) is 0 Å². The number of H-pyrrole nitrogens is 2. The van der Waals surface area contributed by atoms with Crippen LogP contribution in [0.15, 0.2) is 48.9 Å². The summed E-state index contributed by atoms with van der Waals surface area (Å²) in [6.07, 6.45) is 9.12. The number of aromatic nitrogens is 6. The molecule has 5 aromatic rings. The number of hydrogen-bond donors (Lipinski definition) is 2. The number of fused-ring (bicyclic) bond motifs is 2. The zero-order valence-electron chi connectivity index (χ0n) is 17.6. The Balaban J connectivity index is 1.47. The Morgan fingerprint density at radius 3 is 2.84 bits per heavy atom. The number of pyridine rings is 1. The van der Waals surface area contributed by atoms with E-state index in [1.807, 2.05) is 37.0 Å². The van der Waals surface area contributed by atoms with Gasteiger partial charge in [0.2, 0.25) is 0 Å². The van der Waals surface area contributed by atoms with Gasteiger partial charge in [-0.2, -0.15) is 10.2 Å². The lowest BCUT2D eigenvalue weighted by atomic mass is 9.89. The van der Waals surface area contributed by atoms with Crippen LogP contribution in [-0.4, -0.2) is 29.9 Å². The summed E-state index contributed by atoms with van der Waals surface area (Å²) < 4.78 is 1.80. The van der Waals surface area contributed by atoms with Gasteiger partial charge in [0.05, 0.1) is 17.6 Å². The lowest BCUT2D eigenvalue weighted by molar-refractivity contribution is 0.701. The van der Waals surface area contributed by atoms with Crippen molar-refractivity contribution < 1.29 is 0 Å². The topological polar surface area (TPSA) is 75.2 Å². The molecule has 1 aliphatic rings. The van der Waals surface area contributed by atoms with Crippen LogP contribution in [0, 0.1) is 12.8 Å². The minimum atomic E-state index is 0.494. The predicted molar refractivity (Wildman–Crippen MR) is 125 cm³/mol. The third-order valence-corrected chi connectivity index (χ3v) is 6.92. The van der Waals surface area contributed by atoms with Crippen molar-refractivity contribution in [3.8, 4) is 22.5 Å². The quantitative estimate of drug-likeness (QED) is 0.408. The summed E-state index contributed by atoms with van der Waals surface area (Å²) in [5.41, 5.74) is 8.70. The van der Waals surface area contributed by atoms with Crippen LogP contribution in [0.5, 0.6) is 0 Å². The molecule has 154 valence electrons. The fraction of sp³-hybridized carbons (Fsp3) is 0.208. The van der Waals surface area contributed by atoms with Crippen LogP contribution < -0.4 is 0 Å². The number of nitrogens with one attached hydrogen (secondary N) is 2. The molecule has 0 aliphatic heterocycles. The van der Waals surface area contributed by atoms with Crippen LogP contribution in [0.3, 0.4) is 0 Å². The van der Waals surface area contributed by atoms with E-state index >= 15 is 0 Å². The maximum atomic E-state index is 4.57. The molecule has 1 unspecified atom stereocenters. The van der Waals surface area contributed by atoms with E-state index in [4.69, 9.17) is 0 Å². The van der Waals surface area contributed by atoms with E-state index in [0.717, 1.165) is 34.3 Å². The largest absolute Gasteiger partial charge is 0.357 e. The third-order valence-electron chi connectivity index (χ3n) is 5.89. The average molecular weight is 427 g/mol. The molecule has 6 nitrogen and oxygen atoms in total. The van der Waals surface area contributed by atoms with Crippen molar-refractivity contribution >= 4 is 27.9 Å². The van der Waals surface area contributed by atoms with Crippen molar-refractivity contribution in [1.82, 2.24) is 29.9 Å². The number of thiophene rings is 1. The Morgan fingerprint density at radius 1 is 1.16 bits per heavy atom. The summed E-state index contributed by atoms with van der Waals surface area (Å²) in [6.45, 7) is 4.44. The monoisotopic (exact) mass is 426 g/mol. The Bertz CT molecular complexity index is 1460. The number of hydrogen-bond acceptors (Lipinski definition) is 4. The minimum absolute atomic E-state index is 0.494. The molecule has 31 heavy (non-hydrogen) atoms. The average Bonchev–Trinajstić information content (AvgIpc) is 3.52. The Morgan fingerprint density at radius 2 is 2.06 bits per heavy atom. The van der Waals surface area contributed by atoms with E-state index in [0.29, 0.717) is 11.6 Å². The van der Waals surface area contributed by atoms with Crippen LogP contribution in [-0.2, 0) is 13.5 Å². The molecule has 0 radical (unpaired) electrons. The molecule has 0 fully saturated rings. The molecule has 0 aromatic carbocycles. The molecule has 7 heteroatoms. The number of allylic oxidation sites excluding steroid dienone is 1. The summed E-state index contributed by atoms with van der Waals surface area (Å²) >= 11 is 1.85. The molecule has 0 amide bonds. The van der Waals surface area contributed by atoms with Crippen molar-refractivity contribution in [3.63, 3.8) is 0 Å². The second-order valence-corrected chi connectivity index (χ2v) is 9.63. The van der Waals surface area contributed by atoms with E-state index in [1.165, 1.54) is 26.6 Å². The van der Waals surface area contributed by atoms with Crippen LogP contribution in [0.25, 0.3) is 39.1 Å². The Labute approximate surface area is 183 Å². The van der Waals surface area contributed by atoms with E-state index in [1.54, 1.807) is 4.68 Å². The number of nitrogens with zero attached hydrogens (tertiary/aromatic N) is 4. The van der Waals surface area contributed by atoms with Gasteiger partial charge in [-0.3, -0.25) is 9.78 Å². The molecule has 0 bridgehead atoms. The first-order chi connectivity index (χ1) is 15.0. The molecular weight excluding hydrogens is 404 g/mol. The van der Waals surface area contributed by atoms with E-state index in [2.05, 4.69) is 69.5 Å². The van der Waals surface area contributed by atoms with Crippen LogP contribution in [0.2, 0.25) is 0 Å². The summed E-state index contributed by atoms with van der Waals surface area (Å²) in [6, 6.07) is 8.82. The van der Waals surface area contributed by atoms with Gasteiger partial charge in [0, 0.05) is 57.0 Å². The second kappa shape index (κ2) is 6.78. The molecule has 1 aliphatic carbocycles. The molecule has 2 N–H and O–H groups in total. The normalized spacial score (nSPS) is 16.0. The van der Waals surface area contributed by atoms with Crippen molar-refractivity contribution in [2.45, 2.75) is 20.3 Å². The number of rotatable bonds is 3. The van der Waals surface area contributed by atoms with Gasteiger partial charge in [-0.1, -0.05) is 13.0 Å². The molecule has 0 saturated heterocycles. The second-order valence-electron chi connectivity index (χ2n) is 8.34. The van der Waals surface area contributed by atoms with Gasteiger partial charge in [0.1, 0.15) is 0 Å². The summed E-state index contributed by atoms with van der Waals surface area (Å²) in [5, 5.41) is 12.9. The fourth-order valence-corrected chi connectivity index (χ4v) is 5.32. The number of aryl methyl sites for hydroxylation is 2. The summed E-state index contributed by atoms with van der Waals surface area (Å²) in [5.74, 6) is 0.494. The Kier molecular flexibility index (Phi) is 4.01. The first kappa shape index (κ1) is 18.3. The summed E-state index contributed by atoms with van der Waals surface area (Å²) in [7, 11) is 1.92. The van der Waals surface area contributed by atoms with Crippen molar-refractivity contribution in [2.24, 2.45) is 13.0 Å². The fourth-order valence-electron chi connectivity index (χ4n) is 4.42. The highest BCUT2D eigenvalue weighted by Crippen LogP contribution is 2.39. The van der Waals surface area contributed by atoms with Crippen LogP contribution in [0.4, 0.5) is 0 Å². The molecule has 0 spiro atoms. The zero-order chi connectivity index (χ0) is 21.1. The highest BCUT2D eigenvalue weighted by Gasteiger charge is 2.23. The maximum Gasteiger partial charge on any atom is 0.181 e. The van der Waals surface area contributed by atoms with E-state index in [9.17, 15) is 0 Å².